The van der Waals surface area contributed by atoms with Crippen molar-refractivity contribution in [2.24, 2.45) is 5.92 Å². The maximum Gasteiger partial charge on any atom is 0.333 e. The average molecular weight is 359 g/mol. The standard InChI is InChI=1S/C21H21N5O/c1-14-9-18(24-20(23-14)10-16-3-4-16)13-25-12-15(2)26(21(25)27)19-7-5-17(11-22)6-8-19/h5-9,12,16H,3-4,10,13H2,1-2H3. The Kier molecular flexibility index (Phi) is 4.36. The minimum Gasteiger partial charge on any atom is -0.293 e. The fourth-order valence-electron chi connectivity index (χ4n) is 3.36. The maximum absolute atomic E-state index is 12.9. The predicted octanol–water partition coefficient (Wildman–Crippen LogP) is 2.92. The van der Waals surface area contributed by atoms with E-state index < -0.39 is 0 Å². The maximum atomic E-state index is 12.9. The molecule has 3 aromatic rings. The van der Waals surface area contributed by atoms with Crippen molar-refractivity contribution in [2.75, 3.05) is 0 Å². The third-order valence-electron chi connectivity index (χ3n) is 4.84. The number of nitrogens with zero attached hydrogens (tertiary/aromatic N) is 5. The molecule has 1 saturated carbocycles. The molecular formula is C21H21N5O. The summed E-state index contributed by atoms with van der Waals surface area (Å²) < 4.78 is 3.33. The fourth-order valence-corrected chi connectivity index (χ4v) is 3.36. The molecule has 0 radical (unpaired) electrons. The molecule has 1 aliphatic rings. The lowest BCUT2D eigenvalue weighted by Gasteiger charge is -2.06. The minimum absolute atomic E-state index is 0.114. The largest absolute Gasteiger partial charge is 0.333 e. The van der Waals surface area contributed by atoms with Crippen LogP contribution in [0.1, 0.15) is 41.3 Å². The third kappa shape index (κ3) is 3.68. The molecule has 0 N–H and O–H groups in total. The van der Waals surface area contributed by atoms with Crippen LogP contribution in [0.15, 0.2) is 41.3 Å². The molecule has 0 unspecified atom stereocenters. The summed E-state index contributed by atoms with van der Waals surface area (Å²) in [6, 6.07) is 11.1. The summed E-state index contributed by atoms with van der Waals surface area (Å²) in [6.45, 7) is 4.29. The molecule has 6 nitrogen and oxygen atoms in total. The summed E-state index contributed by atoms with van der Waals surface area (Å²) in [5.41, 5.74) is 3.85. The van der Waals surface area contributed by atoms with E-state index in [1.54, 1.807) is 33.4 Å². The fraction of sp³-hybridized carbons (Fsp3) is 0.333. The zero-order valence-electron chi connectivity index (χ0n) is 15.5. The molecule has 1 aliphatic carbocycles. The molecule has 136 valence electrons. The Morgan fingerprint density at radius 3 is 2.59 bits per heavy atom. The van der Waals surface area contributed by atoms with Gasteiger partial charge in [-0.2, -0.15) is 5.26 Å². The van der Waals surface area contributed by atoms with Crippen molar-refractivity contribution in [3.05, 3.63) is 75.5 Å². The Morgan fingerprint density at radius 1 is 1.19 bits per heavy atom. The molecule has 2 heterocycles. The second-order valence-corrected chi connectivity index (χ2v) is 7.24. The van der Waals surface area contributed by atoms with Crippen molar-refractivity contribution >= 4 is 0 Å². The van der Waals surface area contributed by atoms with Crippen LogP contribution in [0.2, 0.25) is 0 Å². The van der Waals surface area contributed by atoms with Crippen molar-refractivity contribution in [3.8, 4) is 11.8 Å². The van der Waals surface area contributed by atoms with E-state index in [1.807, 2.05) is 26.1 Å². The van der Waals surface area contributed by atoms with Crippen LogP contribution in [-0.4, -0.2) is 19.1 Å². The zero-order chi connectivity index (χ0) is 19.0. The number of imidazole rings is 1. The van der Waals surface area contributed by atoms with Gasteiger partial charge >= 0.3 is 5.69 Å². The Balaban J connectivity index is 1.64. The second kappa shape index (κ2) is 6.84. The Hall–Kier alpha value is -3.20. The highest BCUT2D eigenvalue weighted by Gasteiger charge is 2.23. The monoisotopic (exact) mass is 359 g/mol. The first-order valence-electron chi connectivity index (χ1n) is 9.16. The molecule has 0 saturated heterocycles. The number of hydrogen-bond donors (Lipinski definition) is 0. The van der Waals surface area contributed by atoms with Crippen molar-refractivity contribution in [1.82, 2.24) is 19.1 Å². The number of nitriles is 1. The summed E-state index contributed by atoms with van der Waals surface area (Å²) in [5.74, 6) is 1.60. The van der Waals surface area contributed by atoms with Crippen molar-refractivity contribution in [1.29, 1.82) is 5.26 Å². The molecule has 2 aromatic heterocycles. The van der Waals surface area contributed by atoms with Gasteiger partial charge in [0.1, 0.15) is 5.82 Å². The van der Waals surface area contributed by atoms with Crippen LogP contribution < -0.4 is 5.69 Å². The van der Waals surface area contributed by atoms with Crippen molar-refractivity contribution in [3.63, 3.8) is 0 Å². The van der Waals surface area contributed by atoms with Gasteiger partial charge in [0.2, 0.25) is 0 Å². The number of hydrogen-bond acceptors (Lipinski definition) is 4. The van der Waals surface area contributed by atoms with Crippen LogP contribution in [0.3, 0.4) is 0 Å². The van der Waals surface area contributed by atoms with Crippen LogP contribution in [0.5, 0.6) is 0 Å². The van der Waals surface area contributed by atoms with Crippen LogP contribution in [-0.2, 0) is 13.0 Å². The van der Waals surface area contributed by atoms with Crippen LogP contribution in [0.4, 0.5) is 0 Å². The van der Waals surface area contributed by atoms with E-state index in [0.717, 1.165) is 40.9 Å². The lowest BCUT2D eigenvalue weighted by molar-refractivity contribution is 0.696. The number of aromatic nitrogens is 4. The Morgan fingerprint density at radius 2 is 1.93 bits per heavy atom. The average Bonchev–Trinajstić information content (AvgIpc) is 3.40. The Labute approximate surface area is 157 Å². The molecule has 1 fully saturated rings. The highest BCUT2D eigenvalue weighted by atomic mass is 16.1. The van der Waals surface area contributed by atoms with Gasteiger partial charge in [-0.15, -0.1) is 0 Å². The topological polar surface area (TPSA) is 76.5 Å². The first kappa shape index (κ1) is 17.2. The predicted molar refractivity (Wildman–Crippen MR) is 102 cm³/mol. The molecule has 0 amide bonds. The smallest absolute Gasteiger partial charge is 0.293 e. The molecule has 0 spiro atoms. The summed E-state index contributed by atoms with van der Waals surface area (Å²) in [7, 11) is 0. The van der Waals surface area contributed by atoms with Gasteiger partial charge in [-0.1, -0.05) is 0 Å². The first-order chi connectivity index (χ1) is 13.0. The van der Waals surface area contributed by atoms with Gasteiger partial charge in [0.05, 0.1) is 29.6 Å². The summed E-state index contributed by atoms with van der Waals surface area (Å²) in [6.07, 6.45) is 5.30. The highest BCUT2D eigenvalue weighted by Crippen LogP contribution is 2.31. The normalized spacial score (nSPS) is 13.5. The SMILES string of the molecule is Cc1cc(Cn2cc(C)n(-c3ccc(C#N)cc3)c2=O)nc(CC2CC2)n1. The second-order valence-electron chi connectivity index (χ2n) is 7.24. The number of rotatable bonds is 5. The van der Waals surface area contributed by atoms with E-state index in [9.17, 15) is 4.79 Å². The molecule has 0 atom stereocenters. The highest BCUT2D eigenvalue weighted by molar-refractivity contribution is 5.40. The van der Waals surface area contributed by atoms with E-state index >= 15 is 0 Å². The lowest BCUT2D eigenvalue weighted by Crippen LogP contribution is -2.24. The summed E-state index contributed by atoms with van der Waals surface area (Å²) in [5, 5.41) is 8.94. The lowest BCUT2D eigenvalue weighted by atomic mass is 10.2. The van der Waals surface area contributed by atoms with Crippen molar-refractivity contribution < 1.29 is 0 Å². The molecule has 27 heavy (non-hydrogen) atoms. The molecule has 6 heteroatoms. The van der Waals surface area contributed by atoms with Gasteiger partial charge in [-0.05, 0) is 62.9 Å². The third-order valence-corrected chi connectivity index (χ3v) is 4.84. The molecule has 4 rings (SSSR count). The van der Waals surface area contributed by atoms with Gasteiger partial charge in [0, 0.05) is 24.0 Å². The molecule has 0 bridgehead atoms. The summed E-state index contributed by atoms with van der Waals surface area (Å²) >= 11 is 0. The molecule has 0 aliphatic heterocycles. The quantitative estimate of drug-likeness (QED) is 0.702. The number of benzene rings is 1. The van der Waals surface area contributed by atoms with Crippen molar-refractivity contribution in [2.45, 2.75) is 39.7 Å². The van der Waals surface area contributed by atoms with Crippen LogP contribution in [0.25, 0.3) is 5.69 Å². The van der Waals surface area contributed by atoms with Gasteiger partial charge in [-0.25, -0.2) is 14.8 Å². The van der Waals surface area contributed by atoms with Gasteiger partial charge in [0.25, 0.3) is 0 Å². The van der Waals surface area contributed by atoms with Gasteiger partial charge in [0.15, 0.2) is 0 Å². The number of aryl methyl sites for hydroxylation is 2. The van der Waals surface area contributed by atoms with Gasteiger partial charge < -0.3 is 0 Å². The summed E-state index contributed by atoms with van der Waals surface area (Å²) in [4.78, 5) is 22.1. The van der Waals surface area contributed by atoms with Crippen LogP contribution >= 0.6 is 0 Å². The van der Waals surface area contributed by atoms with Crippen LogP contribution in [0, 0.1) is 31.1 Å². The van der Waals surface area contributed by atoms with E-state index in [1.165, 1.54) is 12.8 Å². The Bertz CT molecular complexity index is 1080. The van der Waals surface area contributed by atoms with E-state index in [4.69, 9.17) is 5.26 Å². The molecular weight excluding hydrogens is 338 g/mol. The zero-order valence-corrected chi connectivity index (χ0v) is 15.5. The van der Waals surface area contributed by atoms with E-state index in [2.05, 4.69) is 16.0 Å². The first-order valence-corrected chi connectivity index (χ1v) is 9.16. The van der Waals surface area contributed by atoms with E-state index in [-0.39, 0.29) is 5.69 Å². The van der Waals surface area contributed by atoms with Gasteiger partial charge in [-0.3, -0.25) is 9.13 Å². The molecule has 1 aromatic carbocycles. The minimum atomic E-state index is -0.114. The van der Waals surface area contributed by atoms with E-state index in [0.29, 0.717) is 12.1 Å².